The molecular formula is C19H25F2N5O2. The van der Waals surface area contributed by atoms with Crippen molar-refractivity contribution in [1.82, 2.24) is 19.9 Å². The van der Waals surface area contributed by atoms with Gasteiger partial charge in [0, 0.05) is 37.6 Å². The summed E-state index contributed by atoms with van der Waals surface area (Å²) in [5.41, 5.74) is 1.28. The zero-order chi connectivity index (χ0) is 20.5. The van der Waals surface area contributed by atoms with Crippen molar-refractivity contribution in [3.63, 3.8) is 0 Å². The minimum atomic E-state index is -2.97. The molecule has 9 heteroatoms. The van der Waals surface area contributed by atoms with Crippen LogP contribution >= 0.6 is 0 Å². The highest BCUT2D eigenvalue weighted by molar-refractivity contribution is 5.85. The number of aryl methyl sites for hydroxylation is 1. The molecule has 0 aromatic carbocycles. The van der Waals surface area contributed by atoms with Crippen LogP contribution in [0.2, 0.25) is 0 Å². The summed E-state index contributed by atoms with van der Waals surface area (Å²) in [6.45, 7) is 6.75. The highest BCUT2D eigenvalue weighted by Crippen LogP contribution is 2.32. The number of piperidine rings is 1. The molecule has 0 radical (unpaired) electrons. The Hall–Kier alpha value is -2.58. The first kappa shape index (κ1) is 20.2. The second-order valence-corrected chi connectivity index (χ2v) is 8.20. The summed E-state index contributed by atoms with van der Waals surface area (Å²) in [6, 6.07) is 1.81. The molecule has 1 fully saturated rings. The monoisotopic (exact) mass is 393 g/mol. The van der Waals surface area contributed by atoms with Gasteiger partial charge in [-0.15, -0.1) is 0 Å². The first-order valence-corrected chi connectivity index (χ1v) is 9.20. The standard InChI is InChI=1S/C19H25F2N5O2/c1-12-7-14-15(23-6-5-22-14)16(25-12)24-9-13-8-19(20,21)11-26(10-13)17(27)28-18(2,3)4/h5-7,13H,8-11H2,1-4H3,(H,24,25). The summed E-state index contributed by atoms with van der Waals surface area (Å²) in [5, 5.41) is 3.12. The smallest absolute Gasteiger partial charge is 0.410 e. The van der Waals surface area contributed by atoms with E-state index in [-0.39, 0.29) is 19.5 Å². The molecule has 2 aromatic heterocycles. The topological polar surface area (TPSA) is 80.2 Å². The molecule has 3 rings (SSSR count). The maximum absolute atomic E-state index is 14.2. The van der Waals surface area contributed by atoms with E-state index in [0.717, 1.165) is 10.6 Å². The van der Waals surface area contributed by atoms with Crippen LogP contribution in [0.15, 0.2) is 18.5 Å². The number of nitrogens with one attached hydrogen (secondary N) is 1. The van der Waals surface area contributed by atoms with Crippen LogP contribution in [-0.2, 0) is 4.74 Å². The van der Waals surface area contributed by atoms with Gasteiger partial charge in [-0.2, -0.15) is 0 Å². The molecule has 1 unspecified atom stereocenters. The lowest BCUT2D eigenvalue weighted by atomic mass is 9.95. The number of likely N-dealkylation sites (tertiary alicyclic amines) is 1. The van der Waals surface area contributed by atoms with E-state index in [2.05, 4.69) is 20.3 Å². The number of pyridine rings is 1. The van der Waals surface area contributed by atoms with Crippen LogP contribution in [0.4, 0.5) is 19.4 Å². The van der Waals surface area contributed by atoms with Crippen LogP contribution in [0, 0.1) is 12.8 Å². The molecule has 0 spiro atoms. The fourth-order valence-electron chi connectivity index (χ4n) is 3.27. The number of fused-ring (bicyclic) bond motifs is 1. The van der Waals surface area contributed by atoms with E-state index >= 15 is 0 Å². The maximum Gasteiger partial charge on any atom is 0.410 e. The van der Waals surface area contributed by atoms with Gasteiger partial charge >= 0.3 is 6.09 Å². The number of rotatable bonds is 3. The Balaban J connectivity index is 1.72. The SMILES string of the molecule is Cc1cc2nccnc2c(NCC2CN(C(=O)OC(C)(C)C)CC(F)(F)C2)n1. The van der Waals surface area contributed by atoms with Crippen LogP contribution in [-0.4, -0.2) is 57.1 Å². The predicted molar refractivity (Wildman–Crippen MR) is 101 cm³/mol. The summed E-state index contributed by atoms with van der Waals surface area (Å²) in [4.78, 5) is 26.3. The Labute approximate surface area is 162 Å². The molecule has 1 atom stereocenters. The van der Waals surface area contributed by atoms with E-state index in [1.165, 1.54) is 0 Å². The fraction of sp³-hybridized carbons (Fsp3) is 0.579. The average molecular weight is 393 g/mol. The summed E-state index contributed by atoms with van der Waals surface area (Å²) in [5.74, 6) is -2.92. The third kappa shape index (κ3) is 5.02. The van der Waals surface area contributed by atoms with Crippen molar-refractivity contribution in [2.75, 3.05) is 25.0 Å². The molecule has 0 bridgehead atoms. The van der Waals surface area contributed by atoms with Gasteiger partial charge in [0.15, 0.2) is 5.82 Å². The van der Waals surface area contributed by atoms with Gasteiger partial charge in [0.2, 0.25) is 0 Å². The number of aromatic nitrogens is 3. The van der Waals surface area contributed by atoms with Crippen LogP contribution < -0.4 is 5.32 Å². The highest BCUT2D eigenvalue weighted by Gasteiger charge is 2.43. The number of halogens is 2. The van der Waals surface area contributed by atoms with Crippen LogP contribution in [0.1, 0.15) is 32.9 Å². The minimum absolute atomic E-state index is 0.187. The molecule has 2 aromatic rings. The molecule has 1 N–H and O–H groups in total. The van der Waals surface area contributed by atoms with Crippen LogP contribution in [0.5, 0.6) is 0 Å². The Morgan fingerprint density at radius 3 is 2.79 bits per heavy atom. The van der Waals surface area contributed by atoms with E-state index in [4.69, 9.17) is 4.74 Å². The molecule has 1 amide bonds. The third-order valence-corrected chi connectivity index (χ3v) is 4.28. The molecule has 0 aliphatic carbocycles. The van der Waals surface area contributed by atoms with Crippen molar-refractivity contribution < 1.29 is 18.3 Å². The van der Waals surface area contributed by atoms with E-state index in [1.54, 1.807) is 33.2 Å². The zero-order valence-electron chi connectivity index (χ0n) is 16.5. The van der Waals surface area contributed by atoms with Crippen LogP contribution in [0.3, 0.4) is 0 Å². The van der Waals surface area contributed by atoms with Crippen molar-refractivity contribution in [2.45, 2.75) is 45.6 Å². The molecule has 28 heavy (non-hydrogen) atoms. The lowest BCUT2D eigenvalue weighted by molar-refractivity contribution is -0.0846. The second kappa shape index (κ2) is 7.44. The quantitative estimate of drug-likeness (QED) is 0.858. The maximum atomic E-state index is 14.2. The second-order valence-electron chi connectivity index (χ2n) is 8.20. The van der Waals surface area contributed by atoms with Crippen molar-refractivity contribution >= 4 is 22.9 Å². The van der Waals surface area contributed by atoms with Crippen molar-refractivity contribution in [2.24, 2.45) is 5.92 Å². The number of anilines is 1. The Morgan fingerprint density at radius 1 is 1.36 bits per heavy atom. The number of alkyl halides is 2. The van der Waals surface area contributed by atoms with Gasteiger partial charge < -0.3 is 15.0 Å². The highest BCUT2D eigenvalue weighted by atomic mass is 19.3. The summed E-state index contributed by atoms with van der Waals surface area (Å²) < 4.78 is 33.7. The lowest BCUT2D eigenvalue weighted by Crippen LogP contribution is -2.52. The molecule has 7 nitrogen and oxygen atoms in total. The largest absolute Gasteiger partial charge is 0.444 e. The normalized spacial score (nSPS) is 19.5. The Kier molecular flexibility index (Phi) is 5.36. The molecule has 0 saturated carbocycles. The number of hydrogen-bond acceptors (Lipinski definition) is 6. The van der Waals surface area contributed by atoms with Crippen molar-refractivity contribution in [1.29, 1.82) is 0 Å². The average Bonchev–Trinajstić information content (AvgIpc) is 2.56. The van der Waals surface area contributed by atoms with E-state index < -0.39 is 30.1 Å². The Bertz CT molecular complexity index is 869. The van der Waals surface area contributed by atoms with Gasteiger partial charge in [0.1, 0.15) is 11.1 Å². The fourth-order valence-corrected chi connectivity index (χ4v) is 3.27. The number of hydrogen-bond donors (Lipinski definition) is 1. The first-order valence-electron chi connectivity index (χ1n) is 9.20. The molecule has 152 valence electrons. The molecular weight excluding hydrogens is 368 g/mol. The van der Waals surface area contributed by atoms with Gasteiger partial charge in [-0.1, -0.05) is 0 Å². The molecule has 1 aliphatic heterocycles. The number of carbonyl (C=O) groups is 1. The number of nitrogens with zero attached hydrogens (tertiary/aromatic N) is 4. The van der Waals surface area contributed by atoms with E-state index in [9.17, 15) is 13.6 Å². The van der Waals surface area contributed by atoms with Gasteiger partial charge in [-0.3, -0.25) is 4.98 Å². The van der Waals surface area contributed by atoms with E-state index in [0.29, 0.717) is 16.9 Å². The number of amides is 1. The molecule has 1 aliphatic rings. The summed E-state index contributed by atoms with van der Waals surface area (Å²) in [6.07, 6.45) is 2.12. The van der Waals surface area contributed by atoms with Gasteiger partial charge in [0.05, 0.1) is 12.1 Å². The lowest BCUT2D eigenvalue weighted by Gasteiger charge is -2.38. The van der Waals surface area contributed by atoms with Crippen LogP contribution in [0.25, 0.3) is 11.0 Å². The van der Waals surface area contributed by atoms with Gasteiger partial charge in [0.25, 0.3) is 5.92 Å². The summed E-state index contributed by atoms with van der Waals surface area (Å²) in [7, 11) is 0. The number of ether oxygens (including phenoxy) is 1. The minimum Gasteiger partial charge on any atom is -0.444 e. The molecule has 1 saturated heterocycles. The number of carbonyl (C=O) groups excluding carboxylic acids is 1. The zero-order valence-corrected chi connectivity index (χ0v) is 16.5. The van der Waals surface area contributed by atoms with Crippen molar-refractivity contribution in [3.05, 3.63) is 24.2 Å². The molecule has 3 heterocycles. The van der Waals surface area contributed by atoms with Gasteiger partial charge in [-0.25, -0.2) is 23.5 Å². The summed E-state index contributed by atoms with van der Waals surface area (Å²) >= 11 is 0. The third-order valence-electron chi connectivity index (χ3n) is 4.28. The Morgan fingerprint density at radius 2 is 2.07 bits per heavy atom. The van der Waals surface area contributed by atoms with Crippen molar-refractivity contribution in [3.8, 4) is 0 Å². The predicted octanol–water partition coefficient (Wildman–Crippen LogP) is 3.64. The van der Waals surface area contributed by atoms with E-state index in [1.807, 2.05) is 13.0 Å². The van der Waals surface area contributed by atoms with Gasteiger partial charge in [-0.05, 0) is 39.7 Å². The first-order chi connectivity index (χ1) is 13.0.